The second-order valence-electron chi connectivity index (χ2n) is 8.09. The fraction of sp³-hybridized carbons (Fsp3) is 0.250. The molecule has 4 rings (SSSR count). The van der Waals surface area contributed by atoms with Crippen LogP contribution in [0.3, 0.4) is 0 Å². The fourth-order valence-electron chi connectivity index (χ4n) is 3.90. The second-order valence-corrected chi connectivity index (χ2v) is 9.97. The summed E-state index contributed by atoms with van der Waals surface area (Å²) in [6.07, 6.45) is 0. The standard InChI is InChI=1S/C24H21N3O8S2/c1-12(28)35-9-14-10-37-23-18(22(32)27(23)19(14)24(33)34)26-21(31)17(13-5-3-2-4-6-13)25-20(30)15-11-36-8-7-16(15)29/h2-8,11,17-18,23H,9-10H2,1H3,(H,25,30)(H,26,31)(H,33,34)/t17?,18-,23-/m1/s1. The van der Waals surface area contributed by atoms with E-state index in [0.29, 0.717) is 5.56 Å². The number of esters is 1. The SMILES string of the molecule is CC(=O)OCC1=C(C(=O)O)N2C(=O)[C@@H](NC(=O)C(NC(=O)c3csccc3=O)c3ccccc3)[C@H]2SC1. The molecule has 1 aromatic heterocycles. The lowest BCUT2D eigenvalue weighted by atomic mass is 10.0. The minimum atomic E-state index is -1.35. The number of nitrogens with one attached hydrogen (secondary N) is 2. The summed E-state index contributed by atoms with van der Waals surface area (Å²) in [6, 6.07) is 7.30. The van der Waals surface area contributed by atoms with Crippen LogP contribution in [-0.2, 0) is 23.9 Å². The van der Waals surface area contributed by atoms with Gasteiger partial charge in [0.05, 0.1) is 5.56 Å². The first-order valence-electron chi connectivity index (χ1n) is 10.9. The van der Waals surface area contributed by atoms with Gasteiger partial charge in [0.15, 0.2) is 5.43 Å². The molecule has 2 aromatic rings. The lowest BCUT2D eigenvalue weighted by Crippen LogP contribution is -2.71. The molecule has 1 fully saturated rings. The van der Waals surface area contributed by atoms with Gasteiger partial charge >= 0.3 is 11.9 Å². The Labute approximate surface area is 218 Å². The largest absolute Gasteiger partial charge is 0.477 e. The van der Waals surface area contributed by atoms with Gasteiger partial charge in [0.2, 0.25) is 5.91 Å². The van der Waals surface area contributed by atoms with E-state index in [9.17, 15) is 33.9 Å². The number of nitrogens with zero attached hydrogens (tertiary/aromatic N) is 1. The minimum absolute atomic E-state index is 0.119. The molecule has 0 saturated carbocycles. The number of fused-ring (bicyclic) bond motifs is 1. The third-order valence-corrected chi connectivity index (χ3v) is 7.67. The molecule has 3 atom stereocenters. The summed E-state index contributed by atoms with van der Waals surface area (Å²) in [7, 11) is 0. The van der Waals surface area contributed by atoms with Gasteiger partial charge in [0.1, 0.15) is 29.8 Å². The number of hydrogen-bond donors (Lipinski definition) is 3. The van der Waals surface area contributed by atoms with E-state index in [0.717, 1.165) is 16.2 Å². The average Bonchev–Trinajstić information content (AvgIpc) is 2.88. The van der Waals surface area contributed by atoms with Crippen LogP contribution in [0.2, 0.25) is 0 Å². The van der Waals surface area contributed by atoms with Gasteiger partial charge in [-0.05, 0) is 17.0 Å². The summed E-state index contributed by atoms with van der Waals surface area (Å²) in [6.45, 7) is 0.931. The predicted molar refractivity (Wildman–Crippen MR) is 134 cm³/mol. The molecule has 1 saturated heterocycles. The zero-order chi connectivity index (χ0) is 26.7. The quantitative estimate of drug-likeness (QED) is 0.324. The van der Waals surface area contributed by atoms with Gasteiger partial charge in [-0.1, -0.05) is 30.3 Å². The lowest BCUT2D eigenvalue weighted by Gasteiger charge is -2.49. The molecule has 1 unspecified atom stereocenters. The number of carbonyl (C=O) groups excluding carboxylic acids is 4. The molecule has 0 bridgehead atoms. The number of carboxylic acids is 1. The Hall–Kier alpha value is -3.97. The van der Waals surface area contributed by atoms with E-state index in [1.54, 1.807) is 30.3 Å². The molecule has 0 radical (unpaired) electrons. The van der Waals surface area contributed by atoms with Crippen LogP contribution in [0.15, 0.2) is 63.2 Å². The van der Waals surface area contributed by atoms with Crippen molar-refractivity contribution in [2.24, 2.45) is 0 Å². The Morgan fingerprint density at radius 2 is 1.89 bits per heavy atom. The van der Waals surface area contributed by atoms with Crippen molar-refractivity contribution in [2.75, 3.05) is 12.4 Å². The molecule has 3 N–H and O–H groups in total. The van der Waals surface area contributed by atoms with Crippen molar-refractivity contribution >= 4 is 52.8 Å². The number of amides is 3. The summed E-state index contributed by atoms with van der Waals surface area (Å²) in [5.74, 6) is -3.85. The van der Waals surface area contributed by atoms with Crippen molar-refractivity contribution in [1.82, 2.24) is 15.5 Å². The summed E-state index contributed by atoms with van der Waals surface area (Å²) in [5.41, 5.74) is -0.193. The van der Waals surface area contributed by atoms with E-state index in [1.165, 1.54) is 35.5 Å². The van der Waals surface area contributed by atoms with Crippen molar-refractivity contribution < 1.29 is 33.8 Å². The molecular weight excluding hydrogens is 522 g/mol. The highest BCUT2D eigenvalue weighted by Gasteiger charge is 2.54. The molecule has 0 aliphatic carbocycles. The molecule has 3 heterocycles. The lowest BCUT2D eigenvalue weighted by molar-refractivity contribution is -0.151. The molecule has 13 heteroatoms. The number of benzene rings is 1. The summed E-state index contributed by atoms with van der Waals surface area (Å²) in [4.78, 5) is 75.3. The van der Waals surface area contributed by atoms with E-state index in [-0.39, 0.29) is 29.2 Å². The normalized spacial score (nSPS) is 19.3. The van der Waals surface area contributed by atoms with Crippen LogP contribution < -0.4 is 16.1 Å². The van der Waals surface area contributed by atoms with E-state index in [1.807, 2.05) is 0 Å². The van der Waals surface area contributed by atoms with Crippen LogP contribution in [0.1, 0.15) is 28.9 Å². The van der Waals surface area contributed by atoms with E-state index in [4.69, 9.17) is 4.74 Å². The number of thioether (sulfide) groups is 1. The number of carboxylic acid groups (broad SMARTS) is 1. The van der Waals surface area contributed by atoms with Crippen molar-refractivity contribution in [2.45, 2.75) is 24.4 Å². The smallest absolute Gasteiger partial charge is 0.352 e. The van der Waals surface area contributed by atoms with Crippen LogP contribution in [0.5, 0.6) is 0 Å². The topological polar surface area (TPSA) is 159 Å². The molecule has 2 aliphatic heterocycles. The zero-order valence-corrected chi connectivity index (χ0v) is 21.0. The van der Waals surface area contributed by atoms with E-state index < -0.39 is 52.5 Å². The maximum absolute atomic E-state index is 13.3. The van der Waals surface area contributed by atoms with Crippen LogP contribution in [0.4, 0.5) is 0 Å². The third kappa shape index (κ3) is 5.42. The number of ether oxygens (including phenoxy) is 1. The number of carbonyl (C=O) groups is 5. The summed E-state index contributed by atoms with van der Waals surface area (Å²) in [5, 5.41) is 17.1. The number of hydrogen-bond acceptors (Lipinski definition) is 9. The van der Waals surface area contributed by atoms with Gasteiger partial charge in [-0.15, -0.1) is 11.8 Å². The fourth-order valence-corrected chi connectivity index (χ4v) is 5.86. The maximum atomic E-state index is 13.3. The van der Waals surface area contributed by atoms with E-state index in [2.05, 4.69) is 10.6 Å². The molecule has 1 aromatic carbocycles. The highest BCUT2D eigenvalue weighted by molar-refractivity contribution is 8.00. The number of β-lactam (4-membered cyclic amide) rings is 1. The monoisotopic (exact) mass is 543 g/mol. The Balaban J connectivity index is 1.54. The van der Waals surface area contributed by atoms with Gasteiger partial charge in [0.25, 0.3) is 11.8 Å². The zero-order valence-electron chi connectivity index (χ0n) is 19.3. The van der Waals surface area contributed by atoms with Crippen molar-refractivity contribution in [1.29, 1.82) is 0 Å². The van der Waals surface area contributed by atoms with Crippen molar-refractivity contribution in [3.05, 3.63) is 79.8 Å². The Morgan fingerprint density at radius 1 is 1.16 bits per heavy atom. The van der Waals surface area contributed by atoms with Crippen LogP contribution in [0, 0.1) is 0 Å². The molecular formula is C24H21N3O8S2. The molecule has 192 valence electrons. The van der Waals surface area contributed by atoms with Gasteiger partial charge in [-0.25, -0.2) is 4.79 Å². The minimum Gasteiger partial charge on any atom is -0.477 e. The molecule has 2 aliphatic rings. The first kappa shape index (κ1) is 26.1. The van der Waals surface area contributed by atoms with Crippen LogP contribution in [-0.4, -0.2) is 63.4 Å². The molecule has 0 spiro atoms. The Bertz CT molecular complexity index is 1360. The average molecular weight is 544 g/mol. The number of rotatable bonds is 8. The molecule has 11 nitrogen and oxygen atoms in total. The van der Waals surface area contributed by atoms with Crippen LogP contribution >= 0.6 is 23.1 Å². The van der Waals surface area contributed by atoms with Gasteiger partial charge in [-0.3, -0.25) is 28.9 Å². The Kier molecular flexibility index (Phi) is 7.74. The van der Waals surface area contributed by atoms with Crippen molar-refractivity contribution in [3.8, 4) is 0 Å². The van der Waals surface area contributed by atoms with Crippen molar-refractivity contribution in [3.63, 3.8) is 0 Å². The number of aliphatic carboxylic acids is 1. The highest BCUT2D eigenvalue weighted by Crippen LogP contribution is 2.40. The van der Waals surface area contributed by atoms with Gasteiger partial charge < -0.3 is 20.5 Å². The summed E-state index contributed by atoms with van der Waals surface area (Å²) >= 11 is 2.37. The summed E-state index contributed by atoms with van der Waals surface area (Å²) < 4.78 is 4.92. The third-order valence-electron chi connectivity index (χ3n) is 5.66. The first-order chi connectivity index (χ1) is 17.7. The van der Waals surface area contributed by atoms with Crippen LogP contribution in [0.25, 0.3) is 0 Å². The predicted octanol–water partition coefficient (Wildman–Crippen LogP) is 0.881. The maximum Gasteiger partial charge on any atom is 0.352 e. The Morgan fingerprint density at radius 3 is 2.54 bits per heavy atom. The highest BCUT2D eigenvalue weighted by atomic mass is 32.2. The van der Waals surface area contributed by atoms with E-state index >= 15 is 0 Å². The molecule has 3 amide bonds. The van der Waals surface area contributed by atoms with Gasteiger partial charge in [-0.2, -0.15) is 11.3 Å². The molecule has 37 heavy (non-hydrogen) atoms. The van der Waals surface area contributed by atoms with Gasteiger partial charge in [0, 0.05) is 23.6 Å². The second kappa shape index (κ2) is 11.0. The first-order valence-corrected chi connectivity index (χ1v) is 12.9.